The molecule has 0 saturated heterocycles. The molecule has 1 aliphatic carbocycles. The van der Waals surface area contributed by atoms with Crippen LogP contribution in [0.4, 0.5) is 16.3 Å². The fourth-order valence-electron chi connectivity index (χ4n) is 2.82. The molecule has 2 heterocycles. The van der Waals surface area contributed by atoms with E-state index >= 15 is 0 Å². The average molecular weight is 404 g/mol. The van der Waals surface area contributed by atoms with Crippen LogP contribution in [0.15, 0.2) is 36.7 Å². The first-order valence-corrected chi connectivity index (χ1v) is 9.02. The van der Waals surface area contributed by atoms with Gasteiger partial charge in [-0.3, -0.25) is 9.36 Å². The fourth-order valence-corrected chi connectivity index (χ4v) is 3.47. The van der Waals surface area contributed by atoms with Gasteiger partial charge >= 0.3 is 6.03 Å². The molecule has 1 saturated carbocycles. The number of anilines is 2. The van der Waals surface area contributed by atoms with E-state index in [4.69, 9.17) is 28.9 Å². The Balaban J connectivity index is 1.65. The summed E-state index contributed by atoms with van der Waals surface area (Å²) in [7, 11) is 0. The van der Waals surface area contributed by atoms with Crippen LogP contribution in [0.5, 0.6) is 0 Å². The van der Waals surface area contributed by atoms with Gasteiger partial charge in [0.2, 0.25) is 0 Å². The second-order valence-corrected chi connectivity index (χ2v) is 7.12. The third kappa shape index (κ3) is 3.43. The molecule has 4 rings (SSSR count). The lowest BCUT2D eigenvalue weighted by Gasteiger charge is -2.12. The first-order valence-electron chi connectivity index (χ1n) is 8.27. The van der Waals surface area contributed by atoms with Gasteiger partial charge in [-0.15, -0.1) is 0 Å². The molecule has 3 aromatic rings. The van der Waals surface area contributed by atoms with Crippen molar-refractivity contribution in [2.75, 3.05) is 11.1 Å². The van der Waals surface area contributed by atoms with Crippen molar-refractivity contribution in [1.29, 1.82) is 0 Å². The van der Waals surface area contributed by atoms with E-state index in [2.05, 4.69) is 15.6 Å². The van der Waals surface area contributed by atoms with Crippen molar-refractivity contribution in [3.8, 4) is 0 Å². The summed E-state index contributed by atoms with van der Waals surface area (Å²) in [5, 5.41) is 6.41. The zero-order valence-corrected chi connectivity index (χ0v) is 15.5. The summed E-state index contributed by atoms with van der Waals surface area (Å²) in [4.78, 5) is 28.9. The van der Waals surface area contributed by atoms with E-state index in [9.17, 15) is 9.59 Å². The largest absolute Gasteiger partial charge is 0.383 e. The number of nitrogens with one attached hydrogen (secondary N) is 2. The second-order valence-electron chi connectivity index (χ2n) is 6.31. The number of halogens is 2. The maximum absolute atomic E-state index is 13.0. The number of nitrogens with two attached hydrogens (primary N) is 1. The molecule has 27 heavy (non-hydrogen) atoms. The first-order chi connectivity index (χ1) is 12.9. The van der Waals surface area contributed by atoms with Gasteiger partial charge in [-0.2, -0.15) is 0 Å². The van der Waals surface area contributed by atoms with Crippen LogP contribution in [-0.2, 0) is 0 Å². The van der Waals surface area contributed by atoms with Crippen LogP contribution >= 0.6 is 23.2 Å². The number of fused-ring (bicyclic) bond motifs is 1. The van der Waals surface area contributed by atoms with Crippen molar-refractivity contribution < 1.29 is 9.59 Å². The minimum atomic E-state index is -0.403. The van der Waals surface area contributed by atoms with Gasteiger partial charge in [0, 0.05) is 29.5 Å². The first kappa shape index (κ1) is 17.6. The summed E-state index contributed by atoms with van der Waals surface area (Å²) in [6.45, 7) is 0. The zero-order valence-electron chi connectivity index (χ0n) is 14.0. The van der Waals surface area contributed by atoms with Crippen LogP contribution < -0.4 is 16.4 Å². The molecular weight excluding hydrogens is 389 g/mol. The summed E-state index contributed by atoms with van der Waals surface area (Å²) in [6.07, 6.45) is 5.07. The summed E-state index contributed by atoms with van der Waals surface area (Å²) >= 11 is 12.6. The molecule has 2 aromatic heterocycles. The molecule has 0 aliphatic heterocycles. The third-order valence-corrected chi connectivity index (χ3v) is 4.89. The molecule has 0 spiro atoms. The molecular formula is C18H15Cl2N5O2. The molecule has 0 bridgehead atoms. The predicted octanol–water partition coefficient (Wildman–Crippen LogP) is 3.90. The highest BCUT2D eigenvalue weighted by molar-refractivity contribution is 6.40. The molecule has 0 unspecified atom stereocenters. The van der Waals surface area contributed by atoms with Crippen molar-refractivity contribution in [3.05, 3.63) is 52.3 Å². The number of benzene rings is 1. The van der Waals surface area contributed by atoms with Crippen LogP contribution in [0.25, 0.3) is 10.9 Å². The molecule has 2 amide bonds. The SMILES string of the molecule is Nc1nccc2c1ccn2C(=O)c1c(Cl)cc(NC(=O)NC2CC2)cc1Cl. The molecule has 1 aromatic carbocycles. The molecule has 0 atom stereocenters. The molecule has 7 nitrogen and oxygen atoms in total. The standard InChI is InChI=1S/C18H15Cl2N5O2/c19-12-7-10(24-18(27)23-9-1-2-9)8-13(20)15(12)17(26)25-6-4-11-14(25)3-5-22-16(11)21/h3-9H,1-2H2,(H2,21,22)(H2,23,24,27). The Bertz CT molecular complexity index is 1050. The second kappa shape index (κ2) is 6.75. The van der Waals surface area contributed by atoms with Gasteiger partial charge in [-0.25, -0.2) is 9.78 Å². The van der Waals surface area contributed by atoms with Crippen LogP contribution in [0.2, 0.25) is 10.0 Å². The van der Waals surface area contributed by atoms with Gasteiger partial charge in [-0.05, 0) is 37.1 Å². The van der Waals surface area contributed by atoms with Gasteiger partial charge in [0.15, 0.2) is 0 Å². The number of urea groups is 1. The highest BCUT2D eigenvalue weighted by Gasteiger charge is 2.24. The highest BCUT2D eigenvalue weighted by Crippen LogP contribution is 2.31. The Kier molecular flexibility index (Phi) is 4.41. The number of pyridine rings is 1. The van der Waals surface area contributed by atoms with Crippen molar-refractivity contribution in [2.24, 2.45) is 0 Å². The topological polar surface area (TPSA) is 102 Å². The molecule has 4 N–H and O–H groups in total. The monoisotopic (exact) mass is 403 g/mol. The number of hydrogen-bond acceptors (Lipinski definition) is 4. The molecule has 1 fully saturated rings. The number of rotatable bonds is 3. The van der Waals surface area contributed by atoms with Gasteiger partial charge < -0.3 is 16.4 Å². The highest BCUT2D eigenvalue weighted by atomic mass is 35.5. The summed E-state index contributed by atoms with van der Waals surface area (Å²) < 4.78 is 1.41. The van der Waals surface area contributed by atoms with E-state index in [-0.39, 0.29) is 27.7 Å². The maximum Gasteiger partial charge on any atom is 0.319 e. The fraction of sp³-hybridized carbons (Fsp3) is 0.167. The number of nitrogen functional groups attached to an aromatic ring is 1. The number of hydrogen-bond donors (Lipinski definition) is 3. The van der Waals surface area contributed by atoms with E-state index in [1.807, 2.05) is 0 Å². The van der Waals surface area contributed by atoms with E-state index < -0.39 is 5.91 Å². The van der Waals surface area contributed by atoms with Gasteiger partial charge in [0.25, 0.3) is 5.91 Å². The van der Waals surface area contributed by atoms with Gasteiger partial charge in [0.1, 0.15) is 5.82 Å². The van der Waals surface area contributed by atoms with Crippen molar-refractivity contribution in [3.63, 3.8) is 0 Å². The Morgan fingerprint density at radius 2 is 1.89 bits per heavy atom. The smallest absolute Gasteiger partial charge is 0.319 e. The minimum Gasteiger partial charge on any atom is -0.383 e. The van der Waals surface area contributed by atoms with E-state index in [0.717, 1.165) is 12.8 Å². The Hall–Kier alpha value is -2.77. The molecule has 1 aliphatic rings. The summed E-state index contributed by atoms with van der Waals surface area (Å²) in [6, 6.07) is 6.27. The van der Waals surface area contributed by atoms with Gasteiger partial charge in [0.05, 0.1) is 21.1 Å². The lowest BCUT2D eigenvalue weighted by Crippen LogP contribution is -2.30. The molecule has 138 valence electrons. The Labute approximate surface area is 164 Å². The Morgan fingerprint density at radius 3 is 2.56 bits per heavy atom. The van der Waals surface area contributed by atoms with Gasteiger partial charge in [-0.1, -0.05) is 23.2 Å². The van der Waals surface area contributed by atoms with E-state index in [1.165, 1.54) is 22.9 Å². The van der Waals surface area contributed by atoms with Crippen LogP contribution in [0, 0.1) is 0 Å². The lowest BCUT2D eigenvalue weighted by atomic mass is 10.2. The summed E-state index contributed by atoms with van der Waals surface area (Å²) in [5.41, 5.74) is 6.99. The minimum absolute atomic E-state index is 0.137. The normalized spacial score (nSPS) is 13.6. The number of amides is 2. The Morgan fingerprint density at radius 1 is 1.19 bits per heavy atom. The quantitative estimate of drug-likeness (QED) is 0.616. The van der Waals surface area contributed by atoms with Crippen LogP contribution in [-0.4, -0.2) is 27.5 Å². The van der Waals surface area contributed by atoms with Crippen molar-refractivity contribution >= 4 is 57.5 Å². The lowest BCUT2D eigenvalue weighted by molar-refractivity contribution is 0.0965. The third-order valence-electron chi connectivity index (χ3n) is 4.29. The van der Waals surface area contributed by atoms with Crippen molar-refractivity contribution in [2.45, 2.75) is 18.9 Å². The predicted molar refractivity (Wildman–Crippen MR) is 106 cm³/mol. The van der Waals surface area contributed by atoms with E-state index in [0.29, 0.717) is 22.4 Å². The van der Waals surface area contributed by atoms with Crippen molar-refractivity contribution in [1.82, 2.24) is 14.9 Å². The van der Waals surface area contributed by atoms with Crippen LogP contribution in [0.1, 0.15) is 23.2 Å². The average Bonchev–Trinajstić information content (AvgIpc) is 3.29. The number of aromatic nitrogens is 2. The molecule has 0 radical (unpaired) electrons. The number of nitrogens with zero attached hydrogens (tertiary/aromatic N) is 2. The van der Waals surface area contributed by atoms with Crippen LogP contribution in [0.3, 0.4) is 0 Å². The molecule has 9 heteroatoms. The maximum atomic E-state index is 13.0. The summed E-state index contributed by atoms with van der Waals surface area (Å²) in [5.74, 6) is -0.0722. The number of carbonyl (C=O) groups excluding carboxylic acids is 2. The van der Waals surface area contributed by atoms with E-state index in [1.54, 1.807) is 18.3 Å². The zero-order chi connectivity index (χ0) is 19.1. The number of carbonyl (C=O) groups is 2.